The molecule has 6 nitrogen and oxygen atoms in total. The molecule has 0 saturated carbocycles. The molecule has 4 rings (SSSR count). The summed E-state index contributed by atoms with van der Waals surface area (Å²) < 4.78 is 10.8. The Morgan fingerprint density at radius 1 is 1.03 bits per heavy atom. The molecule has 30 heavy (non-hydrogen) atoms. The van der Waals surface area contributed by atoms with E-state index in [4.69, 9.17) is 31.0 Å². The third-order valence-electron chi connectivity index (χ3n) is 4.45. The van der Waals surface area contributed by atoms with E-state index in [1.165, 1.54) is 0 Å². The Hall–Kier alpha value is -3.22. The second-order valence-electron chi connectivity index (χ2n) is 6.80. The van der Waals surface area contributed by atoms with Crippen LogP contribution in [0.4, 0.5) is 11.5 Å². The van der Waals surface area contributed by atoms with Crippen LogP contribution in [-0.4, -0.2) is 35.3 Å². The highest BCUT2D eigenvalue weighted by atomic mass is 35.5. The van der Waals surface area contributed by atoms with Crippen molar-refractivity contribution in [1.82, 2.24) is 15.0 Å². The zero-order chi connectivity index (χ0) is 20.9. The van der Waals surface area contributed by atoms with E-state index in [9.17, 15) is 0 Å². The molecule has 0 fully saturated rings. The molecule has 0 amide bonds. The lowest BCUT2D eigenvalue weighted by Crippen LogP contribution is -2.05. The number of nitrogens with zero attached hydrogens (tertiary/aromatic N) is 3. The lowest BCUT2D eigenvalue weighted by atomic mass is 10.1. The number of methoxy groups -OCH3 is 1. The van der Waals surface area contributed by atoms with E-state index in [1.807, 2.05) is 55.5 Å². The highest BCUT2D eigenvalue weighted by molar-refractivity contribution is 6.31. The molecule has 0 spiro atoms. The topological polar surface area (TPSA) is 69.2 Å². The minimum atomic E-state index is 0.465. The summed E-state index contributed by atoms with van der Waals surface area (Å²) >= 11 is 6.25. The van der Waals surface area contributed by atoms with Gasteiger partial charge in [0.2, 0.25) is 0 Å². The maximum absolute atomic E-state index is 6.25. The molecular formula is C23H21ClN4O2. The van der Waals surface area contributed by atoms with E-state index in [1.54, 1.807) is 19.5 Å². The molecule has 2 aromatic heterocycles. The van der Waals surface area contributed by atoms with Crippen LogP contribution in [-0.2, 0) is 4.74 Å². The van der Waals surface area contributed by atoms with Crippen LogP contribution in [0.15, 0.2) is 60.9 Å². The largest absolute Gasteiger partial charge is 0.491 e. The van der Waals surface area contributed by atoms with Crippen LogP contribution in [0.2, 0.25) is 5.02 Å². The fourth-order valence-corrected chi connectivity index (χ4v) is 3.39. The van der Waals surface area contributed by atoms with Gasteiger partial charge in [-0.15, -0.1) is 0 Å². The summed E-state index contributed by atoms with van der Waals surface area (Å²) in [5.74, 6) is 1.98. The van der Waals surface area contributed by atoms with E-state index >= 15 is 0 Å². The number of ether oxygens (including phenoxy) is 2. The number of halogens is 1. The SMILES string of the molecule is COCCOc1ccc2nc(-c3cccnc3)nc(Nc3cc(C)cc(Cl)c3)c2c1. The van der Waals surface area contributed by atoms with Crippen molar-refractivity contribution in [3.8, 4) is 17.1 Å². The molecule has 0 unspecified atom stereocenters. The zero-order valence-corrected chi connectivity index (χ0v) is 17.5. The Balaban J connectivity index is 1.80. The standard InChI is InChI=1S/C23H21ClN4O2/c1-15-10-17(24)12-18(11-15)26-23-20-13-19(30-9-8-29-2)5-6-21(20)27-22(28-23)16-4-3-7-25-14-16/h3-7,10-14H,8-9H2,1-2H3,(H,26,27,28). The Morgan fingerprint density at radius 2 is 1.93 bits per heavy atom. The first-order chi connectivity index (χ1) is 14.6. The van der Waals surface area contributed by atoms with E-state index in [2.05, 4.69) is 10.3 Å². The molecule has 2 aromatic carbocycles. The molecule has 0 bridgehead atoms. The van der Waals surface area contributed by atoms with Gasteiger partial charge in [-0.25, -0.2) is 9.97 Å². The number of hydrogen-bond donors (Lipinski definition) is 1. The number of benzene rings is 2. The predicted octanol–water partition coefficient (Wildman–Crippen LogP) is 5.42. The maximum atomic E-state index is 6.25. The summed E-state index contributed by atoms with van der Waals surface area (Å²) in [6.07, 6.45) is 3.47. The highest BCUT2D eigenvalue weighted by Gasteiger charge is 2.12. The molecule has 0 saturated heterocycles. The number of fused-ring (bicyclic) bond motifs is 1. The fraction of sp³-hybridized carbons (Fsp3) is 0.174. The van der Waals surface area contributed by atoms with Gasteiger partial charge in [0.1, 0.15) is 18.2 Å². The van der Waals surface area contributed by atoms with Crippen LogP contribution in [0.3, 0.4) is 0 Å². The first-order valence-electron chi connectivity index (χ1n) is 9.50. The quantitative estimate of drug-likeness (QED) is 0.402. The van der Waals surface area contributed by atoms with Crippen molar-refractivity contribution in [2.24, 2.45) is 0 Å². The van der Waals surface area contributed by atoms with Crippen molar-refractivity contribution in [1.29, 1.82) is 0 Å². The first-order valence-corrected chi connectivity index (χ1v) is 9.88. The second kappa shape index (κ2) is 9.07. The van der Waals surface area contributed by atoms with Crippen molar-refractivity contribution in [2.75, 3.05) is 25.6 Å². The molecule has 1 N–H and O–H groups in total. The molecule has 0 aliphatic heterocycles. The molecule has 0 atom stereocenters. The van der Waals surface area contributed by atoms with E-state index in [-0.39, 0.29) is 0 Å². The number of pyridine rings is 1. The number of rotatable bonds is 7. The first kappa shape index (κ1) is 20.1. The van der Waals surface area contributed by atoms with E-state index in [0.29, 0.717) is 29.9 Å². The third kappa shape index (κ3) is 4.67. The average molecular weight is 421 g/mol. The van der Waals surface area contributed by atoms with Crippen molar-refractivity contribution in [2.45, 2.75) is 6.92 Å². The molecular weight excluding hydrogens is 400 g/mol. The fourth-order valence-electron chi connectivity index (χ4n) is 3.10. The lowest BCUT2D eigenvalue weighted by molar-refractivity contribution is 0.146. The number of anilines is 2. The van der Waals surface area contributed by atoms with Crippen LogP contribution < -0.4 is 10.1 Å². The Labute approximate surface area is 179 Å². The number of hydrogen-bond acceptors (Lipinski definition) is 6. The zero-order valence-electron chi connectivity index (χ0n) is 16.7. The molecule has 152 valence electrons. The number of aryl methyl sites for hydroxylation is 1. The van der Waals surface area contributed by atoms with Crippen LogP contribution in [0, 0.1) is 6.92 Å². The van der Waals surface area contributed by atoms with Gasteiger partial charge in [0.15, 0.2) is 5.82 Å². The van der Waals surface area contributed by atoms with Crippen molar-refractivity contribution in [3.05, 3.63) is 71.5 Å². The molecule has 7 heteroatoms. The summed E-state index contributed by atoms with van der Waals surface area (Å²) in [4.78, 5) is 13.7. The van der Waals surface area contributed by atoms with Crippen molar-refractivity contribution >= 4 is 34.0 Å². The normalized spacial score (nSPS) is 10.9. The Bertz CT molecular complexity index is 1150. The Kier molecular flexibility index (Phi) is 6.07. The van der Waals surface area contributed by atoms with Crippen LogP contribution in [0.25, 0.3) is 22.3 Å². The van der Waals surface area contributed by atoms with Gasteiger partial charge in [0.05, 0.1) is 12.1 Å². The summed E-state index contributed by atoms with van der Waals surface area (Å²) in [5, 5.41) is 4.90. The summed E-state index contributed by atoms with van der Waals surface area (Å²) in [7, 11) is 1.65. The van der Waals surface area contributed by atoms with Crippen LogP contribution in [0.5, 0.6) is 5.75 Å². The summed E-state index contributed by atoms with van der Waals surface area (Å²) in [5.41, 5.74) is 3.54. The third-order valence-corrected chi connectivity index (χ3v) is 4.67. The summed E-state index contributed by atoms with van der Waals surface area (Å²) in [6.45, 7) is 2.98. The molecule has 0 radical (unpaired) electrons. The average Bonchev–Trinajstić information content (AvgIpc) is 2.74. The molecule has 2 heterocycles. The molecule has 0 aliphatic rings. The van der Waals surface area contributed by atoms with Gasteiger partial charge in [-0.2, -0.15) is 0 Å². The monoisotopic (exact) mass is 420 g/mol. The predicted molar refractivity (Wildman–Crippen MR) is 120 cm³/mol. The highest BCUT2D eigenvalue weighted by Crippen LogP contribution is 2.31. The van der Waals surface area contributed by atoms with E-state index in [0.717, 1.165) is 33.5 Å². The lowest BCUT2D eigenvalue weighted by Gasteiger charge is -2.13. The van der Waals surface area contributed by atoms with Gasteiger partial charge in [-0.1, -0.05) is 11.6 Å². The van der Waals surface area contributed by atoms with Crippen LogP contribution >= 0.6 is 11.6 Å². The smallest absolute Gasteiger partial charge is 0.163 e. The second-order valence-corrected chi connectivity index (χ2v) is 7.24. The van der Waals surface area contributed by atoms with Crippen molar-refractivity contribution in [3.63, 3.8) is 0 Å². The van der Waals surface area contributed by atoms with Gasteiger partial charge in [0, 0.05) is 41.2 Å². The van der Waals surface area contributed by atoms with Gasteiger partial charge < -0.3 is 14.8 Å². The molecule has 4 aromatic rings. The van der Waals surface area contributed by atoms with Gasteiger partial charge in [0.25, 0.3) is 0 Å². The van der Waals surface area contributed by atoms with Gasteiger partial charge >= 0.3 is 0 Å². The molecule has 0 aliphatic carbocycles. The summed E-state index contributed by atoms with van der Waals surface area (Å²) in [6, 6.07) is 15.3. The van der Waals surface area contributed by atoms with Gasteiger partial charge in [-0.3, -0.25) is 4.98 Å². The maximum Gasteiger partial charge on any atom is 0.163 e. The number of nitrogens with one attached hydrogen (secondary N) is 1. The van der Waals surface area contributed by atoms with Gasteiger partial charge in [-0.05, 0) is 61.0 Å². The van der Waals surface area contributed by atoms with Crippen LogP contribution in [0.1, 0.15) is 5.56 Å². The Morgan fingerprint density at radius 3 is 2.70 bits per heavy atom. The van der Waals surface area contributed by atoms with E-state index < -0.39 is 0 Å². The van der Waals surface area contributed by atoms with Crippen molar-refractivity contribution < 1.29 is 9.47 Å². The minimum absolute atomic E-state index is 0.465. The minimum Gasteiger partial charge on any atom is -0.491 e. The number of aromatic nitrogens is 3.